The van der Waals surface area contributed by atoms with Crippen LogP contribution in [-0.2, 0) is 11.2 Å². The van der Waals surface area contributed by atoms with Crippen molar-refractivity contribution in [2.45, 2.75) is 32.7 Å². The number of hydrogen-bond acceptors (Lipinski definition) is 2. The fourth-order valence-electron chi connectivity index (χ4n) is 1.76. The largest absolute Gasteiger partial charge is 0.355 e. The molecule has 114 valence electrons. The summed E-state index contributed by atoms with van der Waals surface area (Å²) in [6, 6.07) is 5.92. The first-order valence-corrected chi connectivity index (χ1v) is 7.64. The zero-order valence-electron chi connectivity index (χ0n) is 11.7. The molecule has 0 saturated heterocycles. The molecule has 6 heteroatoms. The van der Waals surface area contributed by atoms with Crippen molar-refractivity contribution in [2.24, 2.45) is 0 Å². The first kappa shape index (κ1) is 19.7. The van der Waals surface area contributed by atoms with E-state index in [0.717, 1.165) is 16.6 Å². The van der Waals surface area contributed by atoms with Crippen molar-refractivity contribution in [2.75, 3.05) is 13.1 Å². The van der Waals surface area contributed by atoms with E-state index >= 15 is 0 Å². The Morgan fingerprint density at radius 1 is 1.45 bits per heavy atom. The molecule has 20 heavy (non-hydrogen) atoms. The number of hydrogen-bond donors (Lipinski definition) is 2. The topological polar surface area (TPSA) is 41.1 Å². The van der Waals surface area contributed by atoms with Crippen LogP contribution in [0.2, 0.25) is 5.02 Å². The quantitative estimate of drug-likeness (QED) is 0.755. The van der Waals surface area contributed by atoms with E-state index in [1.54, 1.807) is 0 Å². The predicted octanol–water partition coefficient (Wildman–Crippen LogP) is 3.57. The molecule has 0 spiro atoms. The number of carbonyl (C=O) groups excluding carboxylic acids is 1. The molecule has 0 fully saturated rings. The van der Waals surface area contributed by atoms with Gasteiger partial charge in [0.2, 0.25) is 5.91 Å². The lowest BCUT2D eigenvalue weighted by Crippen LogP contribution is -2.38. The number of aryl methyl sites for hydroxylation is 1. The molecule has 0 aliphatic rings. The van der Waals surface area contributed by atoms with Crippen LogP contribution in [0.15, 0.2) is 22.7 Å². The Morgan fingerprint density at radius 2 is 2.15 bits per heavy atom. The molecule has 1 aromatic carbocycles. The van der Waals surface area contributed by atoms with Crippen molar-refractivity contribution in [1.82, 2.24) is 10.6 Å². The predicted molar refractivity (Wildman–Crippen MR) is 90.9 cm³/mol. The second-order valence-corrected chi connectivity index (χ2v) is 5.79. The molecular weight excluding hydrogens is 363 g/mol. The van der Waals surface area contributed by atoms with Gasteiger partial charge in [0.1, 0.15) is 0 Å². The van der Waals surface area contributed by atoms with Crippen LogP contribution in [0, 0.1) is 0 Å². The monoisotopic (exact) mass is 382 g/mol. The Balaban J connectivity index is 0.00000361. The zero-order valence-corrected chi connectivity index (χ0v) is 14.9. The van der Waals surface area contributed by atoms with Gasteiger partial charge in [-0.2, -0.15) is 0 Å². The fraction of sp³-hybridized carbons (Fsp3) is 0.500. The van der Waals surface area contributed by atoms with E-state index in [9.17, 15) is 4.79 Å². The molecular formula is C14H21BrCl2N2O. The lowest BCUT2D eigenvalue weighted by molar-refractivity contribution is -0.121. The number of carbonyl (C=O) groups is 1. The molecule has 1 aromatic rings. The van der Waals surface area contributed by atoms with Crippen molar-refractivity contribution in [1.29, 1.82) is 0 Å². The summed E-state index contributed by atoms with van der Waals surface area (Å²) < 4.78 is 0.991. The Bertz CT molecular complexity index is 430. The molecule has 1 atom stereocenters. The third-order valence-corrected chi connectivity index (χ3v) is 3.80. The zero-order chi connectivity index (χ0) is 14.3. The first-order chi connectivity index (χ1) is 9.02. The minimum absolute atomic E-state index is 0. The summed E-state index contributed by atoms with van der Waals surface area (Å²) >= 11 is 9.40. The number of likely N-dealkylation sites (N-methyl/N-ethyl adjacent to an activating group) is 1. The fourth-order valence-corrected chi connectivity index (χ4v) is 2.40. The average molecular weight is 384 g/mol. The highest BCUT2D eigenvalue weighted by atomic mass is 79.9. The molecule has 0 unspecified atom stereocenters. The number of halogens is 3. The molecule has 2 N–H and O–H groups in total. The first-order valence-electron chi connectivity index (χ1n) is 6.47. The maximum Gasteiger partial charge on any atom is 0.220 e. The highest BCUT2D eigenvalue weighted by Gasteiger charge is 2.07. The van der Waals surface area contributed by atoms with Gasteiger partial charge in [0.25, 0.3) is 0 Å². The van der Waals surface area contributed by atoms with Crippen LogP contribution in [0.3, 0.4) is 0 Å². The van der Waals surface area contributed by atoms with E-state index in [1.165, 1.54) is 0 Å². The Hall–Kier alpha value is -0.290. The maximum atomic E-state index is 11.7. The summed E-state index contributed by atoms with van der Waals surface area (Å²) in [5, 5.41) is 6.87. The summed E-state index contributed by atoms with van der Waals surface area (Å²) in [7, 11) is 0. The smallest absolute Gasteiger partial charge is 0.220 e. The second-order valence-electron chi connectivity index (χ2n) is 4.50. The molecule has 1 rings (SSSR count). The summed E-state index contributed by atoms with van der Waals surface area (Å²) in [5.74, 6) is 0.0663. The van der Waals surface area contributed by atoms with E-state index in [2.05, 4.69) is 40.4 Å². The van der Waals surface area contributed by atoms with Gasteiger partial charge in [0.05, 0.1) is 0 Å². The van der Waals surface area contributed by atoms with Crippen molar-refractivity contribution >= 4 is 45.8 Å². The van der Waals surface area contributed by atoms with Gasteiger partial charge in [-0.05, 0) is 43.7 Å². The van der Waals surface area contributed by atoms with E-state index < -0.39 is 0 Å². The van der Waals surface area contributed by atoms with E-state index in [0.29, 0.717) is 30.5 Å². The summed E-state index contributed by atoms with van der Waals surface area (Å²) in [4.78, 5) is 11.7. The highest BCUT2D eigenvalue weighted by Crippen LogP contribution is 2.22. The Morgan fingerprint density at radius 3 is 2.80 bits per heavy atom. The molecule has 0 bridgehead atoms. The normalized spacial score (nSPS) is 11.6. The maximum absolute atomic E-state index is 11.7. The van der Waals surface area contributed by atoms with Crippen molar-refractivity contribution in [3.05, 3.63) is 33.3 Å². The van der Waals surface area contributed by atoms with Gasteiger partial charge >= 0.3 is 0 Å². The van der Waals surface area contributed by atoms with Crippen LogP contribution in [0.4, 0.5) is 0 Å². The number of nitrogens with one attached hydrogen (secondary N) is 2. The summed E-state index contributed by atoms with van der Waals surface area (Å²) in [5.41, 5.74) is 1.06. The molecule has 0 aromatic heterocycles. The van der Waals surface area contributed by atoms with Crippen molar-refractivity contribution < 1.29 is 4.79 Å². The van der Waals surface area contributed by atoms with Gasteiger partial charge < -0.3 is 10.6 Å². The molecule has 3 nitrogen and oxygen atoms in total. The second kappa shape index (κ2) is 10.4. The summed E-state index contributed by atoms with van der Waals surface area (Å²) in [6.45, 7) is 5.67. The standard InChI is InChI=1S/C14H20BrClN2O.ClH/c1-3-17-10(2)9-18-14(19)7-4-11-8-12(16)5-6-13(11)15;/h5-6,8,10,17H,3-4,7,9H2,1-2H3,(H,18,19);1H/t10-;/m1./s1. The van der Waals surface area contributed by atoms with E-state index in [1.807, 2.05) is 18.2 Å². The highest BCUT2D eigenvalue weighted by molar-refractivity contribution is 9.10. The van der Waals surface area contributed by atoms with Crippen LogP contribution in [-0.4, -0.2) is 25.0 Å². The van der Waals surface area contributed by atoms with Crippen LogP contribution in [0.1, 0.15) is 25.8 Å². The SMILES string of the molecule is CCN[C@H](C)CNC(=O)CCc1cc(Cl)ccc1Br.Cl. The van der Waals surface area contributed by atoms with Gasteiger partial charge in [0, 0.05) is 28.5 Å². The van der Waals surface area contributed by atoms with E-state index in [4.69, 9.17) is 11.6 Å². The molecule has 1 amide bonds. The molecule has 0 aliphatic carbocycles. The van der Waals surface area contributed by atoms with Gasteiger partial charge in [-0.1, -0.05) is 34.5 Å². The third-order valence-electron chi connectivity index (χ3n) is 2.79. The molecule has 0 saturated carbocycles. The molecule has 0 heterocycles. The number of amides is 1. The van der Waals surface area contributed by atoms with Crippen LogP contribution < -0.4 is 10.6 Å². The Labute approximate surface area is 140 Å². The van der Waals surface area contributed by atoms with Gasteiger partial charge in [-0.3, -0.25) is 4.79 Å². The molecule has 0 radical (unpaired) electrons. The number of benzene rings is 1. The third kappa shape index (κ3) is 7.48. The van der Waals surface area contributed by atoms with Gasteiger partial charge in [-0.25, -0.2) is 0 Å². The van der Waals surface area contributed by atoms with Crippen molar-refractivity contribution in [3.8, 4) is 0 Å². The van der Waals surface area contributed by atoms with Crippen molar-refractivity contribution in [3.63, 3.8) is 0 Å². The lowest BCUT2D eigenvalue weighted by atomic mass is 10.1. The Kier molecular flexibility index (Phi) is 10.3. The number of rotatable bonds is 7. The minimum Gasteiger partial charge on any atom is -0.355 e. The average Bonchev–Trinajstić information content (AvgIpc) is 2.38. The lowest BCUT2D eigenvalue weighted by Gasteiger charge is -2.13. The van der Waals surface area contributed by atoms with Crippen LogP contribution >= 0.6 is 39.9 Å². The van der Waals surface area contributed by atoms with Crippen LogP contribution in [0.25, 0.3) is 0 Å². The van der Waals surface area contributed by atoms with E-state index in [-0.39, 0.29) is 18.3 Å². The summed E-state index contributed by atoms with van der Waals surface area (Å²) in [6.07, 6.45) is 1.15. The van der Waals surface area contributed by atoms with Gasteiger partial charge in [-0.15, -0.1) is 12.4 Å². The van der Waals surface area contributed by atoms with Crippen LogP contribution in [0.5, 0.6) is 0 Å². The van der Waals surface area contributed by atoms with Gasteiger partial charge in [0.15, 0.2) is 0 Å². The minimum atomic E-state index is 0. The molecule has 0 aliphatic heterocycles.